The lowest BCUT2D eigenvalue weighted by Crippen LogP contribution is -2.48. The van der Waals surface area contributed by atoms with E-state index in [1.54, 1.807) is 11.9 Å². The number of aryl methyl sites for hydroxylation is 2. The second-order valence-corrected chi connectivity index (χ2v) is 6.63. The predicted molar refractivity (Wildman–Crippen MR) is 95.7 cm³/mol. The van der Waals surface area contributed by atoms with Gasteiger partial charge in [-0.15, -0.1) is 0 Å². The average Bonchev–Trinajstić information content (AvgIpc) is 2.94. The van der Waals surface area contributed by atoms with E-state index in [2.05, 4.69) is 10.4 Å². The molecule has 0 spiro atoms. The summed E-state index contributed by atoms with van der Waals surface area (Å²) in [7, 11) is 1.60. The number of benzene rings is 1. The smallest absolute Gasteiger partial charge is 0.345 e. The first-order valence-electron chi connectivity index (χ1n) is 8.68. The average molecular weight is 357 g/mol. The molecule has 0 unspecified atom stereocenters. The summed E-state index contributed by atoms with van der Waals surface area (Å²) in [4.78, 5) is 38.2. The van der Waals surface area contributed by atoms with Gasteiger partial charge >= 0.3 is 5.69 Å². The maximum atomic E-state index is 12.4. The molecule has 8 heteroatoms. The van der Waals surface area contributed by atoms with Crippen LogP contribution in [-0.2, 0) is 18.4 Å². The minimum Gasteiger partial charge on any atom is -0.349 e. The van der Waals surface area contributed by atoms with Crippen molar-refractivity contribution >= 4 is 11.8 Å². The van der Waals surface area contributed by atoms with Crippen LogP contribution in [0.3, 0.4) is 0 Å². The molecular formula is C18H23N5O3. The summed E-state index contributed by atoms with van der Waals surface area (Å²) in [6, 6.07) is 7.53. The van der Waals surface area contributed by atoms with Gasteiger partial charge < -0.3 is 10.2 Å². The highest BCUT2D eigenvalue weighted by Gasteiger charge is 2.25. The van der Waals surface area contributed by atoms with Crippen molar-refractivity contribution in [3.05, 3.63) is 52.2 Å². The van der Waals surface area contributed by atoms with E-state index < -0.39 is 0 Å². The van der Waals surface area contributed by atoms with Crippen molar-refractivity contribution < 1.29 is 9.59 Å². The Morgan fingerprint density at radius 2 is 1.92 bits per heavy atom. The van der Waals surface area contributed by atoms with Gasteiger partial charge in [0.1, 0.15) is 12.9 Å². The van der Waals surface area contributed by atoms with Gasteiger partial charge in [-0.3, -0.25) is 14.2 Å². The van der Waals surface area contributed by atoms with E-state index in [1.807, 2.05) is 31.2 Å². The summed E-state index contributed by atoms with van der Waals surface area (Å²) in [6.45, 7) is 2.97. The van der Waals surface area contributed by atoms with E-state index in [0.717, 1.165) is 10.2 Å². The number of hydrogen-bond donors (Lipinski definition) is 1. The Kier molecular flexibility index (Phi) is 5.20. The lowest BCUT2D eigenvalue weighted by Gasteiger charge is -2.32. The molecule has 1 aliphatic heterocycles. The molecule has 0 saturated carbocycles. The molecule has 2 aromatic rings. The van der Waals surface area contributed by atoms with Gasteiger partial charge in [-0.1, -0.05) is 18.2 Å². The summed E-state index contributed by atoms with van der Waals surface area (Å²) in [5.41, 5.74) is 1.32. The van der Waals surface area contributed by atoms with Crippen LogP contribution in [0.25, 0.3) is 0 Å². The molecule has 26 heavy (non-hydrogen) atoms. The Morgan fingerprint density at radius 3 is 2.54 bits per heavy atom. The van der Waals surface area contributed by atoms with Gasteiger partial charge in [-0.25, -0.2) is 9.48 Å². The van der Waals surface area contributed by atoms with E-state index in [1.165, 1.54) is 10.9 Å². The molecule has 2 heterocycles. The molecule has 2 amide bonds. The zero-order chi connectivity index (χ0) is 18.7. The van der Waals surface area contributed by atoms with Crippen LogP contribution < -0.4 is 11.0 Å². The first-order valence-corrected chi connectivity index (χ1v) is 8.68. The second kappa shape index (κ2) is 7.55. The minimum absolute atomic E-state index is 0.0451. The molecule has 1 aromatic heterocycles. The van der Waals surface area contributed by atoms with Crippen molar-refractivity contribution in [1.82, 2.24) is 24.6 Å². The van der Waals surface area contributed by atoms with Gasteiger partial charge in [-0.05, 0) is 31.4 Å². The van der Waals surface area contributed by atoms with Crippen molar-refractivity contribution in [1.29, 1.82) is 0 Å². The molecule has 1 saturated heterocycles. The zero-order valence-corrected chi connectivity index (χ0v) is 15.0. The molecule has 0 bridgehead atoms. The highest BCUT2D eigenvalue weighted by Crippen LogP contribution is 2.13. The summed E-state index contributed by atoms with van der Waals surface area (Å²) in [5, 5.41) is 6.96. The summed E-state index contributed by atoms with van der Waals surface area (Å²) >= 11 is 0. The Balaban J connectivity index is 1.52. The van der Waals surface area contributed by atoms with Crippen molar-refractivity contribution in [2.75, 3.05) is 13.1 Å². The standard InChI is InChI=1S/C18H23N5O3/c1-13-5-3-4-6-15(13)17(25)20-14-7-9-22(10-8-14)16(24)11-23-18(26)21(2)12-19-23/h3-6,12,14H,7-11H2,1-2H3,(H,20,25). The fraction of sp³-hybridized carbons (Fsp3) is 0.444. The molecule has 1 N–H and O–H groups in total. The molecule has 138 valence electrons. The van der Waals surface area contributed by atoms with E-state index in [9.17, 15) is 14.4 Å². The number of hydrogen-bond acceptors (Lipinski definition) is 4. The highest BCUT2D eigenvalue weighted by molar-refractivity contribution is 5.95. The molecule has 0 radical (unpaired) electrons. The maximum Gasteiger partial charge on any atom is 0.345 e. The molecule has 8 nitrogen and oxygen atoms in total. The lowest BCUT2D eigenvalue weighted by molar-refractivity contribution is -0.133. The number of piperidine rings is 1. The van der Waals surface area contributed by atoms with Crippen LogP contribution in [0.5, 0.6) is 0 Å². The van der Waals surface area contributed by atoms with Crippen molar-refractivity contribution in [2.45, 2.75) is 32.4 Å². The van der Waals surface area contributed by atoms with E-state index in [-0.39, 0.29) is 30.1 Å². The number of rotatable bonds is 4. The van der Waals surface area contributed by atoms with Gasteiger partial charge in [0.25, 0.3) is 5.91 Å². The first kappa shape index (κ1) is 17.9. The Hall–Kier alpha value is -2.90. The van der Waals surface area contributed by atoms with E-state index in [4.69, 9.17) is 0 Å². The number of nitrogens with one attached hydrogen (secondary N) is 1. The summed E-state index contributed by atoms with van der Waals surface area (Å²) in [6.07, 6.45) is 2.78. The van der Waals surface area contributed by atoms with Gasteiger partial charge in [0.05, 0.1) is 0 Å². The largest absolute Gasteiger partial charge is 0.349 e. The molecule has 3 rings (SSSR count). The minimum atomic E-state index is -0.307. The molecule has 0 atom stereocenters. The second-order valence-electron chi connectivity index (χ2n) is 6.63. The Labute approximate surface area is 151 Å². The van der Waals surface area contributed by atoms with Crippen molar-refractivity contribution in [3.63, 3.8) is 0 Å². The molecular weight excluding hydrogens is 334 g/mol. The molecule has 0 aliphatic carbocycles. The number of amides is 2. The number of nitrogens with zero attached hydrogens (tertiary/aromatic N) is 4. The maximum absolute atomic E-state index is 12.4. The van der Waals surface area contributed by atoms with Crippen molar-refractivity contribution in [3.8, 4) is 0 Å². The Bertz CT molecular complexity index is 862. The topological polar surface area (TPSA) is 89.2 Å². The number of carbonyl (C=O) groups excluding carboxylic acids is 2. The fourth-order valence-electron chi connectivity index (χ4n) is 3.12. The van der Waals surface area contributed by atoms with Crippen LogP contribution in [0.15, 0.2) is 35.4 Å². The van der Waals surface area contributed by atoms with Gasteiger partial charge in [-0.2, -0.15) is 5.10 Å². The Morgan fingerprint density at radius 1 is 1.23 bits per heavy atom. The van der Waals surface area contributed by atoms with Crippen LogP contribution in [0, 0.1) is 6.92 Å². The van der Waals surface area contributed by atoms with Crippen LogP contribution >= 0.6 is 0 Å². The highest BCUT2D eigenvalue weighted by atomic mass is 16.2. The van der Waals surface area contributed by atoms with Crippen LogP contribution in [0.1, 0.15) is 28.8 Å². The van der Waals surface area contributed by atoms with Gasteiger partial charge in [0, 0.05) is 31.7 Å². The third kappa shape index (κ3) is 3.84. The summed E-state index contributed by atoms with van der Waals surface area (Å²) < 4.78 is 2.50. The summed E-state index contributed by atoms with van der Waals surface area (Å²) in [5.74, 6) is -0.206. The van der Waals surface area contributed by atoms with Crippen LogP contribution in [-0.4, -0.2) is 50.2 Å². The van der Waals surface area contributed by atoms with Crippen LogP contribution in [0.2, 0.25) is 0 Å². The van der Waals surface area contributed by atoms with Gasteiger partial charge in [0.15, 0.2) is 0 Å². The lowest BCUT2D eigenvalue weighted by atomic mass is 10.0. The monoisotopic (exact) mass is 357 g/mol. The van der Waals surface area contributed by atoms with E-state index in [0.29, 0.717) is 31.5 Å². The quantitative estimate of drug-likeness (QED) is 0.853. The van der Waals surface area contributed by atoms with E-state index >= 15 is 0 Å². The normalized spacial score (nSPS) is 15.1. The van der Waals surface area contributed by atoms with Crippen molar-refractivity contribution in [2.24, 2.45) is 7.05 Å². The van der Waals surface area contributed by atoms with Crippen LogP contribution in [0.4, 0.5) is 0 Å². The third-order valence-corrected chi connectivity index (χ3v) is 4.74. The zero-order valence-electron chi connectivity index (χ0n) is 15.0. The SMILES string of the molecule is Cc1ccccc1C(=O)NC1CCN(C(=O)Cn2ncn(C)c2=O)CC1. The number of carbonyl (C=O) groups is 2. The predicted octanol–water partition coefficient (Wildman–Crippen LogP) is 0.311. The van der Waals surface area contributed by atoms with Gasteiger partial charge in [0.2, 0.25) is 5.91 Å². The molecule has 1 aromatic carbocycles. The first-order chi connectivity index (χ1) is 12.5. The fourth-order valence-corrected chi connectivity index (χ4v) is 3.12. The molecule has 1 fully saturated rings. The number of likely N-dealkylation sites (tertiary alicyclic amines) is 1. The molecule has 1 aliphatic rings. The number of aromatic nitrogens is 3. The third-order valence-electron chi connectivity index (χ3n) is 4.74.